The third-order valence-electron chi connectivity index (χ3n) is 3.80. The lowest BCUT2D eigenvalue weighted by atomic mass is 9.92. The normalized spacial score (nSPS) is 14.5. The van der Waals surface area contributed by atoms with Crippen molar-refractivity contribution in [3.8, 4) is 0 Å². The molecule has 1 aliphatic rings. The molecule has 0 aromatic heterocycles. The van der Waals surface area contributed by atoms with Gasteiger partial charge < -0.3 is 14.2 Å². The highest BCUT2D eigenvalue weighted by Gasteiger charge is 2.58. The Hall–Kier alpha value is -2.65. The monoisotopic (exact) mass is 378 g/mol. The molecule has 1 saturated carbocycles. The Bertz CT molecular complexity index is 743. The summed E-state index contributed by atoms with van der Waals surface area (Å²) in [5.74, 6) is -10.8. The van der Waals surface area contributed by atoms with Crippen molar-refractivity contribution in [2.75, 3.05) is 13.2 Å². The van der Waals surface area contributed by atoms with Crippen LogP contribution in [0.25, 0.3) is 0 Å². The molecule has 0 amide bonds. The zero-order valence-corrected chi connectivity index (χ0v) is 13.8. The van der Waals surface area contributed by atoms with Crippen molar-refractivity contribution in [1.82, 2.24) is 0 Å². The number of ether oxygens (including phenoxy) is 3. The van der Waals surface area contributed by atoms with Crippen LogP contribution in [0.4, 0.5) is 22.4 Å². The molecule has 1 aliphatic carbocycles. The standard InChI is InChI=1S/C16H14F4O6/c1-3-24-13(21)7-9(17)11(19)8(12(20)10(7)18)16(5-6-16)14(22)26-15(23)25-4-2/h3-6H2,1-2H3. The van der Waals surface area contributed by atoms with Crippen molar-refractivity contribution in [2.45, 2.75) is 32.1 Å². The van der Waals surface area contributed by atoms with Gasteiger partial charge >= 0.3 is 18.1 Å². The highest BCUT2D eigenvalue weighted by molar-refractivity contribution is 5.94. The molecule has 6 nitrogen and oxygen atoms in total. The van der Waals surface area contributed by atoms with Gasteiger partial charge in [0.1, 0.15) is 5.56 Å². The quantitative estimate of drug-likeness (QED) is 0.339. The molecule has 26 heavy (non-hydrogen) atoms. The highest BCUT2D eigenvalue weighted by atomic mass is 19.2. The smallest absolute Gasteiger partial charge is 0.462 e. The minimum Gasteiger partial charge on any atom is -0.462 e. The molecule has 0 unspecified atom stereocenters. The fraction of sp³-hybridized carbons (Fsp3) is 0.438. The first-order chi connectivity index (χ1) is 12.2. The Morgan fingerprint density at radius 3 is 1.81 bits per heavy atom. The highest BCUT2D eigenvalue weighted by Crippen LogP contribution is 2.52. The molecule has 1 aromatic rings. The summed E-state index contributed by atoms with van der Waals surface area (Å²) in [7, 11) is 0. The number of hydrogen-bond acceptors (Lipinski definition) is 6. The maximum Gasteiger partial charge on any atom is 0.516 e. The van der Waals surface area contributed by atoms with E-state index in [-0.39, 0.29) is 26.1 Å². The minimum absolute atomic E-state index is 0.126. The van der Waals surface area contributed by atoms with Crippen LogP contribution in [0.15, 0.2) is 0 Å². The lowest BCUT2D eigenvalue weighted by molar-refractivity contribution is -0.143. The van der Waals surface area contributed by atoms with Gasteiger partial charge in [-0.2, -0.15) is 0 Å². The molecule has 0 aliphatic heterocycles. The van der Waals surface area contributed by atoms with E-state index in [1.165, 1.54) is 13.8 Å². The second kappa shape index (κ2) is 7.30. The first-order valence-electron chi connectivity index (χ1n) is 7.63. The third-order valence-corrected chi connectivity index (χ3v) is 3.80. The molecule has 0 spiro atoms. The topological polar surface area (TPSA) is 78.9 Å². The average molecular weight is 378 g/mol. The SMILES string of the molecule is CCOC(=O)OC(=O)C1(c2c(F)c(F)c(C(=O)OCC)c(F)c2F)CC1. The van der Waals surface area contributed by atoms with E-state index in [4.69, 9.17) is 0 Å². The van der Waals surface area contributed by atoms with Gasteiger partial charge in [-0.15, -0.1) is 0 Å². The number of carbonyl (C=O) groups is 3. The Morgan fingerprint density at radius 2 is 1.38 bits per heavy atom. The number of benzene rings is 1. The predicted octanol–water partition coefficient (Wildman–Crippen LogP) is 3.15. The first kappa shape index (κ1) is 19.7. The van der Waals surface area contributed by atoms with E-state index in [0.29, 0.717) is 0 Å². The van der Waals surface area contributed by atoms with Gasteiger partial charge in [0.15, 0.2) is 23.3 Å². The minimum atomic E-state index is -2.07. The van der Waals surface area contributed by atoms with Gasteiger partial charge in [-0.25, -0.2) is 27.2 Å². The van der Waals surface area contributed by atoms with Crippen LogP contribution in [-0.2, 0) is 24.4 Å². The Balaban J connectivity index is 2.49. The van der Waals surface area contributed by atoms with Gasteiger partial charge in [0, 0.05) is 5.56 Å². The molecule has 1 aromatic carbocycles. The van der Waals surface area contributed by atoms with Crippen molar-refractivity contribution in [2.24, 2.45) is 0 Å². The molecule has 2 rings (SSSR count). The van der Waals surface area contributed by atoms with E-state index in [2.05, 4.69) is 14.2 Å². The molecule has 0 saturated heterocycles. The van der Waals surface area contributed by atoms with Crippen molar-refractivity contribution in [3.05, 3.63) is 34.4 Å². The second-order valence-corrected chi connectivity index (χ2v) is 5.38. The van der Waals surface area contributed by atoms with Crippen LogP contribution in [0.3, 0.4) is 0 Å². The van der Waals surface area contributed by atoms with Crippen molar-refractivity contribution in [3.63, 3.8) is 0 Å². The number of hydrogen-bond donors (Lipinski definition) is 0. The summed E-state index contributed by atoms with van der Waals surface area (Å²) in [4.78, 5) is 34.8. The first-order valence-corrected chi connectivity index (χ1v) is 7.63. The summed E-state index contributed by atoms with van der Waals surface area (Å²) in [6, 6.07) is 0. The van der Waals surface area contributed by atoms with Crippen LogP contribution in [0.1, 0.15) is 42.6 Å². The van der Waals surface area contributed by atoms with Crippen molar-refractivity contribution in [1.29, 1.82) is 0 Å². The van der Waals surface area contributed by atoms with E-state index < -0.39 is 57.9 Å². The van der Waals surface area contributed by atoms with Gasteiger partial charge in [-0.1, -0.05) is 0 Å². The van der Waals surface area contributed by atoms with Gasteiger partial charge in [-0.05, 0) is 26.7 Å². The summed E-state index contributed by atoms with van der Waals surface area (Å²) < 4.78 is 70.1. The summed E-state index contributed by atoms with van der Waals surface area (Å²) in [5.41, 5.74) is -4.86. The third kappa shape index (κ3) is 3.23. The molecule has 0 bridgehead atoms. The lowest BCUT2D eigenvalue weighted by Gasteiger charge is -2.17. The van der Waals surface area contributed by atoms with Crippen LogP contribution in [-0.4, -0.2) is 31.3 Å². The fourth-order valence-corrected chi connectivity index (χ4v) is 2.44. The number of halogens is 4. The zero-order chi connectivity index (χ0) is 19.6. The van der Waals surface area contributed by atoms with E-state index >= 15 is 0 Å². The molecule has 0 atom stereocenters. The van der Waals surface area contributed by atoms with Crippen molar-refractivity contribution < 1.29 is 46.2 Å². The second-order valence-electron chi connectivity index (χ2n) is 5.38. The Kier molecular flexibility index (Phi) is 5.53. The van der Waals surface area contributed by atoms with Gasteiger partial charge in [-0.3, -0.25) is 4.79 Å². The summed E-state index contributed by atoms with van der Waals surface area (Å²) in [6.45, 7) is 2.36. The lowest BCUT2D eigenvalue weighted by Crippen LogP contribution is -2.30. The molecular weight excluding hydrogens is 364 g/mol. The van der Waals surface area contributed by atoms with E-state index in [9.17, 15) is 31.9 Å². The molecule has 142 valence electrons. The van der Waals surface area contributed by atoms with Crippen LogP contribution in [0.5, 0.6) is 0 Å². The largest absolute Gasteiger partial charge is 0.516 e. The molecule has 0 heterocycles. The van der Waals surface area contributed by atoms with E-state index in [1.807, 2.05) is 0 Å². The van der Waals surface area contributed by atoms with E-state index in [1.54, 1.807) is 0 Å². The maximum absolute atomic E-state index is 14.4. The van der Waals surface area contributed by atoms with E-state index in [0.717, 1.165) is 0 Å². The van der Waals surface area contributed by atoms with Crippen LogP contribution in [0, 0.1) is 23.3 Å². The molecule has 0 radical (unpaired) electrons. The van der Waals surface area contributed by atoms with Crippen molar-refractivity contribution >= 4 is 18.1 Å². The Labute approximate surface area is 145 Å². The molecule has 0 N–H and O–H groups in total. The summed E-state index contributed by atoms with van der Waals surface area (Å²) in [5, 5.41) is 0. The average Bonchev–Trinajstić information content (AvgIpc) is 3.35. The van der Waals surface area contributed by atoms with Gasteiger partial charge in [0.2, 0.25) is 0 Å². The molecule has 10 heteroatoms. The summed E-state index contributed by atoms with van der Waals surface area (Å²) in [6.07, 6.45) is -1.83. The van der Waals surface area contributed by atoms with Crippen LogP contribution < -0.4 is 0 Å². The van der Waals surface area contributed by atoms with Crippen LogP contribution in [0.2, 0.25) is 0 Å². The molecular formula is C16H14F4O6. The van der Waals surface area contributed by atoms with Gasteiger partial charge in [0.05, 0.1) is 18.6 Å². The molecule has 1 fully saturated rings. The van der Waals surface area contributed by atoms with Crippen LogP contribution >= 0.6 is 0 Å². The zero-order valence-electron chi connectivity index (χ0n) is 13.8. The predicted molar refractivity (Wildman–Crippen MR) is 76.3 cm³/mol. The number of rotatable bonds is 5. The Morgan fingerprint density at radius 1 is 0.885 bits per heavy atom. The maximum atomic E-state index is 14.4. The van der Waals surface area contributed by atoms with Gasteiger partial charge in [0.25, 0.3) is 0 Å². The number of esters is 2. The number of carbonyl (C=O) groups excluding carboxylic acids is 3. The fourth-order valence-electron chi connectivity index (χ4n) is 2.44. The summed E-state index contributed by atoms with van der Waals surface area (Å²) >= 11 is 0.